The lowest BCUT2D eigenvalue weighted by molar-refractivity contribution is -0.120. The zero-order valence-electron chi connectivity index (χ0n) is 10.1. The van der Waals surface area contributed by atoms with Crippen LogP contribution in [-0.4, -0.2) is 24.9 Å². The van der Waals surface area contributed by atoms with Gasteiger partial charge >= 0.3 is 0 Å². The first kappa shape index (κ1) is 14.0. The van der Waals surface area contributed by atoms with Gasteiger partial charge in [-0.1, -0.05) is 13.0 Å². The Bertz CT molecular complexity index is 449. The van der Waals surface area contributed by atoms with Crippen molar-refractivity contribution in [1.82, 2.24) is 10.6 Å². The molecule has 5 nitrogen and oxygen atoms in total. The smallest absolute Gasteiger partial charge is 0.253 e. The van der Waals surface area contributed by atoms with Crippen molar-refractivity contribution in [3.8, 4) is 0 Å². The minimum Gasteiger partial charge on any atom is -0.396 e. The van der Waals surface area contributed by atoms with Gasteiger partial charge in [0.15, 0.2) is 0 Å². The highest BCUT2D eigenvalue weighted by atomic mass is 19.1. The molecule has 0 fully saturated rings. The molecule has 0 atom stereocenters. The molecule has 0 aliphatic carbocycles. The number of carbonyl (C=O) groups is 2. The van der Waals surface area contributed by atoms with Gasteiger partial charge in [0.25, 0.3) is 5.91 Å². The fourth-order valence-electron chi connectivity index (χ4n) is 1.32. The zero-order chi connectivity index (χ0) is 13.5. The molecule has 0 heterocycles. The second kappa shape index (κ2) is 6.58. The number of amides is 2. The normalized spacial score (nSPS) is 9.89. The average Bonchev–Trinajstić information content (AvgIpc) is 2.36. The van der Waals surface area contributed by atoms with E-state index < -0.39 is 11.7 Å². The van der Waals surface area contributed by atoms with Crippen LogP contribution in [0.3, 0.4) is 0 Å². The Hall–Kier alpha value is -2.11. The van der Waals surface area contributed by atoms with E-state index in [1.165, 1.54) is 18.2 Å². The van der Waals surface area contributed by atoms with Gasteiger partial charge in [-0.25, -0.2) is 4.39 Å². The van der Waals surface area contributed by atoms with Gasteiger partial charge in [0.05, 0.1) is 17.8 Å². The van der Waals surface area contributed by atoms with E-state index in [0.717, 1.165) is 6.42 Å². The predicted octanol–water partition coefficient (Wildman–Crippen LogP) is 0.664. The molecule has 0 bridgehead atoms. The molecule has 0 saturated heterocycles. The largest absolute Gasteiger partial charge is 0.396 e. The molecular formula is C12H16FN3O2. The zero-order valence-corrected chi connectivity index (χ0v) is 10.1. The lowest BCUT2D eigenvalue weighted by atomic mass is 10.1. The monoisotopic (exact) mass is 253 g/mol. The molecule has 4 N–H and O–H groups in total. The summed E-state index contributed by atoms with van der Waals surface area (Å²) in [4.78, 5) is 22.9. The topological polar surface area (TPSA) is 84.2 Å². The Labute approximate surface area is 105 Å². The van der Waals surface area contributed by atoms with Gasteiger partial charge in [0.2, 0.25) is 5.91 Å². The number of benzene rings is 1. The molecule has 18 heavy (non-hydrogen) atoms. The van der Waals surface area contributed by atoms with Gasteiger partial charge in [-0.15, -0.1) is 0 Å². The minimum absolute atomic E-state index is 0.0262. The first-order valence-electron chi connectivity index (χ1n) is 5.65. The van der Waals surface area contributed by atoms with Crippen LogP contribution >= 0.6 is 0 Å². The Morgan fingerprint density at radius 2 is 2.06 bits per heavy atom. The van der Waals surface area contributed by atoms with Gasteiger partial charge in [0.1, 0.15) is 5.82 Å². The van der Waals surface area contributed by atoms with Crippen molar-refractivity contribution in [3.63, 3.8) is 0 Å². The number of halogens is 1. The Balaban J connectivity index is 2.55. The number of carbonyl (C=O) groups excluding carboxylic acids is 2. The molecule has 0 radical (unpaired) electrons. The summed E-state index contributed by atoms with van der Waals surface area (Å²) in [5, 5.41) is 4.98. The van der Waals surface area contributed by atoms with Crippen LogP contribution in [0.1, 0.15) is 23.7 Å². The van der Waals surface area contributed by atoms with E-state index in [1.807, 2.05) is 6.92 Å². The van der Waals surface area contributed by atoms with Crippen molar-refractivity contribution in [2.24, 2.45) is 0 Å². The van der Waals surface area contributed by atoms with E-state index in [9.17, 15) is 14.0 Å². The molecule has 0 aliphatic heterocycles. The highest BCUT2D eigenvalue weighted by molar-refractivity contribution is 6.00. The molecule has 0 aliphatic rings. The Morgan fingerprint density at radius 1 is 1.33 bits per heavy atom. The maximum Gasteiger partial charge on any atom is 0.253 e. The average molecular weight is 253 g/mol. The summed E-state index contributed by atoms with van der Waals surface area (Å²) in [5.41, 5.74) is 5.24. The SMILES string of the molecule is CCCNC(=O)CNC(=O)c1cccc(F)c1N. The first-order chi connectivity index (χ1) is 8.56. The standard InChI is InChI=1S/C12H16FN3O2/c1-2-6-15-10(17)7-16-12(18)8-4-3-5-9(13)11(8)14/h3-5H,2,6-7,14H2,1H3,(H,15,17)(H,16,18). The van der Waals surface area contributed by atoms with Crippen molar-refractivity contribution in [2.45, 2.75) is 13.3 Å². The summed E-state index contributed by atoms with van der Waals surface area (Å²) in [6, 6.07) is 3.95. The van der Waals surface area contributed by atoms with Crippen LogP contribution in [0.4, 0.5) is 10.1 Å². The molecule has 0 saturated carbocycles. The summed E-state index contributed by atoms with van der Waals surface area (Å²) in [6.45, 7) is 2.32. The van der Waals surface area contributed by atoms with Crippen molar-refractivity contribution < 1.29 is 14.0 Å². The predicted molar refractivity (Wildman–Crippen MR) is 66.4 cm³/mol. The molecule has 6 heteroatoms. The van der Waals surface area contributed by atoms with Gasteiger partial charge < -0.3 is 16.4 Å². The van der Waals surface area contributed by atoms with Crippen molar-refractivity contribution in [3.05, 3.63) is 29.6 Å². The fourth-order valence-corrected chi connectivity index (χ4v) is 1.32. The molecule has 0 aromatic heterocycles. The van der Waals surface area contributed by atoms with Gasteiger partial charge in [0, 0.05) is 6.54 Å². The maximum atomic E-state index is 13.1. The number of para-hydroxylation sites is 1. The van der Waals surface area contributed by atoms with E-state index in [4.69, 9.17) is 5.73 Å². The molecule has 0 unspecified atom stereocenters. The first-order valence-corrected chi connectivity index (χ1v) is 5.65. The van der Waals surface area contributed by atoms with E-state index in [0.29, 0.717) is 6.54 Å². The second-order valence-electron chi connectivity index (χ2n) is 3.73. The van der Waals surface area contributed by atoms with Crippen LogP contribution < -0.4 is 16.4 Å². The Kier molecular flexibility index (Phi) is 5.10. The molecule has 0 spiro atoms. The summed E-state index contributed by atoms with van der Waals surface area (Å²) in [5.74, 6) is -1.52. The quantitative estimate of drug-likeness (QED) is 0.674. The van der Waals surface area contributed by atoms with Crippen LogP contribution in [0, 0.1) is 5.82 Å². The van der Waals surface area contributed by atoms with Crippen molar-refractivity contribution in [2.75, 3.05) is 18.8 Å². The summed E-state index contributed by atoms with van der Waals surface area (Å²) < 4.78 is 13.1. The second-order valence-corrected chi connectivity index (χ2v) is 3.73. The third-order valence-electron chi connectivity index (χ3n) is 2.28. The number of nitrogens with two attached hydrogens (primary N) is 1. The molecule has 1 aromatic carbocycles. The van der Waals surface area contributed by atoms with Crippen LogP contribution in [-0.2, 0) is 4.79 Å². The lowest BCUT2D eigenvalue weighted by Crippen LogP contribution is -2.37. The summed E-state index contributed by atoms with van der Waals surface area (Å²) in [6.07, 6.45) is 0.816. The number of hydrogen-bond donors (Lipinski definition) is 3. The molecule has 98 valence electrons. The fraction of sp³-hybridized carbons (Fsp3) is 0.333. The van der Waals surface area contributed by atoms with E-state index in [2.05, 4.69) is 10.6 Å². The van der Waals surface area contributed by atoms with Gasteiger partial charge in [-0.3, -0.25) is 9.59 Å². The Morgan fingerprint density at radius 3 is 2.72 bits per heavy atom. The van der Waals surface area contributed by atoms with Crippen LogP contribution in [0.15, 0.2) is 18.2 Å². The number of anilines is 1. The maximum absolute atomic E-state index is 13.1. The van der Waals surface area contributed by atoms with Crippen LogP contribution in [0.2, 0.25) is 0 Å². The molecular weight excluding hydrogens is 237 g/mol. The van der Waals surface area contributed by atoms with E-state index in [-0.39, 0.29) is 23.7 Å². The minimum atomic E-state index is -0.655. The highest BCUT2D eigenvalue weighted by Gasteiger charge is 2.13. The van der Waals surface area contributed by atoms with Gasteiger partial charge in [-0.2, -0.15) is 0 Å². The third kappa shape index (κ3) is 3.73. The number of nitrogen functional groups attached to an aromatic ring is 1. The molecule has 1 rings (SSSR count). The molecule has 1 aromatic rings. The van der Waals surface area contributed by atoms with Crippen molar-refractivity contribution in [1.29, 1.82) is 0 Å². The van der Waals surface area contributed by atoms with Crippen molar-refractivity contribution >= 4 is 17.5 Å². The van der Waals surface area contributed by atoms with Crippen LogP contribution in [0.25, 0.3) is 0 Å². The van der Waals surface area contributed by atoms with E-state index in [1.54, 1.807) is 0 Å². The lowest BCUT2D eigenvalue weighted by Gasteiger charge is -2.08. The van der Waals surface area contributed by atoms with E-state index >= 15 is 0 Å². The molecule has 2 amide bonds. The van der Waals surface area contributed by atoms with Gasteiger partial charge in [-0.05, 0) is 18.6 Å². The highest BCUT2D eigenvalue weighted by Crippen LogP contribution is 2.15. The summed E-state index contributed by atoms with van der Waals surface area (Å²) in [7, 11) is 0. The number of nitrogens with one attached hydrogen (secondary N) is 2. The van der Waals surface area contributed by atoms with Crippen LogP contribution in [0.5, 0.6) is 0 Å². The number of hydrogen-bond acceptors (Lipinski definition) is 3. The third-order valence-corrected chi connectivity index (χ3v) is 2.28. The number of rotatable bonds is 5. The summed E-state index contributed by atoms with van der Waals surface area (Å²) >= 11 is 0.